The van der Waals surface area contributed by atoms with Crippen LogP contribution in [0.2, 0.25) is 0 Å². The summed E-state index contributed by atoms with van der Waals surface area (Å²) >= 11 is 1.48. The number of fused-ring (bicyclic) bond motifs is 1. The molecular formula is C14H11N3O2S. The van der Waals surface area contributed by atoms with Crippen LogP contribution in [0, 0.1) is 6.92 Å². The number of rotatable bonds is 3. The van der Waals surface area contributed by atoms with Crippen molar-refractivity contribution in [1.82, 2.24) is 9.97 Å². The minimum atomic E-state index is -0.981. The van der Waals surface area contributed by atoms with E-state index >= 15 is 0 Å². The first-order valence-electron chi connectivity index (χ1n) is 5.95. The van der Waals surface area contributed by atoms with E-state index < -0.39 is 5.97 Å². The molecule has 0 aliphatic heterocycles. The maximum Gasteiger partial charge on any atom is 0.337 e. The summed E-state index contributed by atoms with van der Waals surface area (Å²) < 4.78 is 0. The Hall–Kier alpha value is -2.47. The Balaban J connectivity index is 2.12. The zero-order valence-corrected chi connectivity index (χ0v) is 11.4. The number of anilines is 2. The molecule has 0 aliphatic carbocycles. The molecule has 0 unspecified atom stereocenters. The number of nitrogens with one attached hydrogen (secondary N) is 1. The maximum atomic E-state index is 11.2. The third-order valence-electron chi connectivity index (χ3n) is 2.87. The summed E-state index contributed by atoms with van der Waals surface area (Å²) in [7, 11) is 0. The first-order chi connectivity index (χ1) is 9.65. The molecule has 2 N–H and O–H groups in total. The van der Waals surface area contributed by atoms with E-state index in [2.05, 4.69) is 15.3 Å². The molecule has 5 nitrogen and oxygen atoms in total. The lowest BCUT2D eigenvalue weighted by Gasteiger charge is -2.08. The molecule has 0 amide bonds. The van der Waals surface area contributed by atoms with Crippen molar-refractivity contribution in [3.63, 3.8) is 0 Å². The van der Waals surface area contributed by atoms with Gasteiger partial charge in [0.05, 0.1) is 11.3 Å². The number of aromatic carboxylic acids is 1. The number of carboxylic acid groups (broad SMARTS) is 1. The van der Waals surface area contributed by atoms with Gasteiger partial charge in [0, 0.05) is 22.3 Å². The molecule has 1 aromatic carbocycles. The van der Waals surface area contributed by atoms with Crippen LogP contribution in [0.4, 0.5) is 10.9 Å². The predicted molar refractivity (Wildman–Crippen MR) is 78.8 cm³/mol. The van der Waals surface area contributed by atoms with Gasteiger partial charge in [-0.2, -0.15) is 0 Å². The first-order valence-corrected chi connectivity index (χ1v) is 6.83. The second kappa shape index (κ2) is 4.90. The summed E-state index contributed by atoms with van der Waals surface area (Å²) in [5.74, 6) is -0.370. The third-order valence-corrected chi connectivity index (χ3v) is 3.75. The highest BCUT2D eigenvalue weighted by atomic mass is 32.1. The molecule has 0 bridgehead atoms. The van der Waals surface area contributed by atoms with Crippen molar-refractivity contribution < 1.29 is 9.90 Å². The standard InChI is InChI=1S/C14H11N3O2S/c1-8-7-20-14(16-8)17-12-10-5-3-2-4-9(10)11(6-15-12)13(18)19/h2-7H,1H3,(H,18,19)(H,15,16,17). The molecule has 2 heterocycles. The first kappa shape index (κ1) is 12.6. The third kappa shape index (κ3) is 2.21. The van der Waals surface area contributed by atoms with Gasteiger partial charge in [-0.3, -0.25) is 0 Å². The van der Waals surface area contributed by atoms with Gasteiger partial charge in [0.25, 0.3) is 0 Å². The number of carbonyl (C=O) groups is 1. The summed E-state index contributed by atoms with van der Waals surface area (Å²) in [6.45, 7) is 1.92. The largest absolute Gasteiger partial charge is 0.478 e. The molecule has 3 aromatic rings. The molecule has 6 heteroatoms. The van der Waals surface area contributed by atoms with Crippen LogP contribution in [0.15, 0.2) is 35.8 Å². The molecule has 3 rings (SSSR count). The van der Waals surface area contributed by atoms with E-state index in [1.54, 1.807) is 6.07 Å². The number of hydrogen-bond acceptors (Lipinski definition) is 5. The topological polar surface area (TPSA) is 75.1 Å². The molecule has 0 saturated heterocycles. The van der Waals surface area contributed by atoms with E-state index in [1.165, 1.54) is 17.5 Å². The lowest BCUT2D eigenvalue weighted by Crippen LogP contribution is -2.02. The zero-order chi connectivity index (χ0) is 14.1. The molecular weight excluding hydrogens is 274 g/mol. The fourth-order valence-corrected chi connectivity index (χ4v) is 2.66. The van der Waals surface area contributed by atoms with Crippen LogP contribution in [0.25, 0.3) is 10.8 Å². The average Bonchev–Trinajstić information content (AvgIpc) is 2.84. The lowest BCUT2D eigenvalue weighted by molar-refractivity contribution is 0.0698. The van der Waals surface area contributed by atoms with Crippen LogP contribution in [-0.4, -0.2) is 21.0 Å². The lowest BCUT2D eigenvalue weighted by atomic mass is 10.1. The van der Waals surface area contributed by atoms with Crippen molar-refractivity contribution in [2.75, 3.05) is 5.32 Å². The van der Waals surface area contributed by atoms with E-state index in [-0.39, 0.29) is 5.56 Å². The van der Waals surface area contributed by atoms with Gasteiger partial charge in [-0.25, -0.2) is 14.8 Å². The smallest absolute Gasteiger partial charge is 0.337 e. The van der Waals surface area contributed by atoms with E-state index in [0.29, 0.717) is 11.2 Å². The Labute approximate surface area is 118 Å². The summed E-state index contributed by atoms with van der Waals surface area (Å²) in [4.78, 5) is 19.7. The molecule has 0 spiro atoms. The van der Waals surface area contributed by atoms with Crippen molar-refractivity contribution in [2.45, 2.75) is 6.92 Å². The number of aromatic nitrogens is 2. The molecule has 0 saturated carbocycles. The minimum absolute atomic E-state index is 0.196. The Morgan fingerprint density at radius 1 is 1.30 bits per heavy atom. The van der Waals surface area contributed by atoms with E-state index in [9.17, 15) is 9.90 Å². The van der Waals surface area contributed by atoms with Crippen LogP contribution in [0.5, 0.6) is 0 Å². The second-order valence-corrected chi connectivity index (χ2v) is 5.15. The van der Waals surface area contributed by atoms with Crippen LogP contribution in [0.1, 0.15) is 16.1 Å². The summed E-state index contributed by atoms with van der Waals surface area (Å²) in [5, 5.41) is 16.4. The van der Waals surface area contributed by atoms with Gasteiger partial charge in [-0.1, -0.05) is 24.3 Å². The van der Waals surface area contributed by atoms with Crippen molar-refractivity contribution in [2.24, 2.45) is 0 Å². The number of nitrogens with zero attached hydrogens (tertiary/aromatic N) is 2. The van der Waals surface area contributed by atoms with Crippen LogP contribution in [0.3, 0.4) is 0 Å². The van der Waals surface area contributed by atoms with Gasteiger partial charge in [0.2, 0.25) is 0 Å². The Morgan fingerprint density at radius 2 is 2.05 bits per heavy atom. The van der Waals surface area contributed by atoms with Crippen molar-refractivity contribution in [1.29, 1.82) is 0 Å². The van der Waals surface area contributed by atoms with Crippen molar-refractivity contribution in [3.05, 3.63) is 47.1 Å². The minimum Gasteiger partial charge on any atom is -0.478 e. The molecule has 20 heavy (non-hydrogen) atoms. The molecule has 0 fully saturated rings. The molecule has 0 aliphatic rings. The van der Waals surface area contributed by atoms with Crippen molar-refractivity contribution in [3.8, 4) is 0 Å². The van der Waals surface area contributed by atoms with Gasteiger partial charge in [-0.05, 0) is 6.92 Å². The van der Waals surface area contributed by atoms with Crippen LogP contribution >= 0.6 is 11.3 Å². The van der Waals surface area contributed by atoms with Gasteiger partial charge in [0.1, 0.15) is 5.82 Å². The van der Waals surface area contributed by atoms with Crippen molar-refractivity contribution >= 4 is 39.0 Å². The number of benzene rings is 1. The van der Waals surface area contributed by atoms with Crippen LogP contribution < -0.4 is 5.32 Å². The Bertz CT molecular complexity index is 798. The number of thiazole rings is 1. The zero-order valence-electron chi connectivity index (χ0n) is 10.6. The monoisotopic (exact) mass is 285 g/mol. The average molecular weight is 285 g/mol. The molecule has 100 valence electrons. The normalized spacial score (nSPS) is 10.7. The quantitative estimate of drug-likeness (QED) is 0.771. The predicted octanol–water partition coefficient (Wildman–Crippen LogP) is 3.44. The SMILES string of the molecule is Cc1csc(Nc2ncc(C(=O)O)c3ccccc23)n1. The number of hydrogen-bond donors (Lipinski definition) is 2. The van der Waals surface area contributed by atoms with E-state index in [1.807, 2.05) is 30.5 Å². The fraction of sp³-hybridized carbons (Fsp3) is 0.0714. The van der Waals surface area contributed by atoms with Crippen LogP contribution in [-0.2, 0) is 0 Å². The summed E-state index contributed by atoms with van der Waals surface area (Å²) in [6.07, 6.45) is 1.37. The Kier molecular flexibility index (Phi) is 3.08. The van der Waals surface area contributed by atoms with Gasteiger partial charge < -0.3 is 10.4 Å². The Morgan fingerprint density at radius 3 is 2.70 bits per heavy atom. The maximum absolute atomic E-state index is 11.2. The number of carboxylic acids is 1. The highest BCUT2D eigenvalue weighted by molar-refractivity contribution is 7.13. The summed E-state index contributed by atoms with van der Waals surface area (Å²) in [5.41, 5.74) is 1.13. The molecule has 0 atom stereocenters. The van der Waals surface area contributed by atoms with E-state index in [4.69, 9.17) is 0 Å². The number of aryl methyl sites for hydroxylation is 1. The molecule has 2 aromatic heterocycles. The van der Waals surface area contributed by atoms with Gasteiger partial charge >= 0.3 is 5.97 Å². The van der Waals surface area contributed by atoms with Gasteiger partial charge in [-0.15, -0.1) is 11.3 Å². The summed E-state index contributed by atoms with van der Waals surface area (Å²) in [6, 6.07) is 7.29. The fourth-order valence-electron chi connectivity index (χ4n) is 1.98. The van der Waals surface area contributed by atoms with E-state index in [0.717, 1.165) is 16.2 Å². The molecule has 0 radical (unpaired) electrons. The highest BCUT2D eigenvalue weighted by Gasteiger charge is 2.12. The highest BCUT2D eigenvalue weighted by Crippen LogP contribution is 2.28. The number of pyridine rings is 1. The second-order valence-electron chi connectivity index (χ2n) is 4.29. The van der Waals surface area contributed by atoms with Gasteiger partial charge in [0.15, 0.2) is 5.13 Å².